The van der Waals surface area contributed by atoms with Crippen molar-refractivity contribution in [3.05, 3.63) is 28.8 Å². The fourth-order valence-corrected chi connectivity index (χ4v) is 4.24. The van der Waals surface area contributed by atoms with Crippen LogP contribution >= 0.6 is 23.4 Å². The van der Waals surface area contributed by atoms with Crippen molar-refractivity contribution < 1.29 is 9.84 Å². The Kier molecular flexibility index (Phi) is 2.80. The number of thioether (sulfide) groups is 1. The average Bonchev–Trinajstić information content (AvgIpc) is 2.61. The average molecular weight is 271 g/mol. The number of rotatable bonds is 0. The van der Waals surface area contributed by atoms with Gasteiger partial charge in [0.1, 0.15) is 11.4 Å². The molecule has 1 aromatic carbocycles. The van der Waals surface area contributed by atoms with Gasteiger partial charge in [-0.05, 0) is 24.6 Å². The first kappa shape index (κ1) is 11.7. The maximum Gasteiger partial charge on any atom is 0.126 e. The van der Waals surface area contributed by atoms with Gasteiger partial charge in [0.05, 0.1) is 6.10 Å². The molecule has 2 nitrogen and oxygen atoms in total. The Morgan fingerprint density at radius 1 is 1.47 bits per heavy atom. The third-order valence-electron chi connectivity index (χ3n) is 3.51. The van der Waals surface area contributed by atoms with Crippen LogP contribution in [0.3, 0.4) is 0 Å². The summed E-state index contributed by atoms with van der Waals surface area (Å²) >= 11 is 7.87. The van der Waals surface area contributed by atoms with E-state index < -0.39 is 6.10 Å². The lowest BCUT2D eigenvalue weighted by molar-refractivity contribution is 0.00153. The molecule has 17 heavy (non-hydrogen) atoms. The standard InChI is InChI=1S/C13H15ClO2S/c1-8-5-13(7-17-8)6-11(15)10-4-9(14)2-3-12(10)16-13/h2-4,8,11,15H,5-7H2,1H3/t8?,11-,13?/m0/s1. The normalized spacial score (nSPS) is 35.7. The zero-order chi connectivity index (χ0) is 12.0. The molecule has 1 spiro atoms. The molecule has 0 saturated carbocycles. The van der Waals surface area contributed by atoms with Crippen molar-refractivity contribution in [1.29, 1.82) is 0 Å². The number of ether oxygens (including phenoxy) is 1. The van der Waals surface area contributed by atoms with Gasteiger partial charge in [-0.15, -0.1) is 0 Å². The van der Waals surface area contributed by atoms with Crippen LogP contribution in [0.15, 0.2) is 18.2 Å². The number of aliphatic hydroxyl groups excluding tert-OH is 1. The number of benzene rings is 1. The van der Waals surface area contributed by atoms with Crippen molar-refractivity contribution in [3.8, 4) is 5.75 Å². The minimum Gasteiger partial charge on any atom is -0.486 e. The topological polar surface area (TPSA) is 29.5 Å². The van der Waals surface area contributed by atoms with E-state index in [-0.39, 0.29) is 5.60 Å². The Morgan fingerprint density at radius 2 is 2.29 bits per heavy atom. The molecule has 1 fully saturated rings. The molecule has 3 atom stereocenters. The van der Waals surface area contributed by atoms with Gasteiger partial charge >= 0.3 is 0 Å². The fourth-order valence-electron chi connectivity index (χ4n) is 2.76. The second kappa shape index (κ2) is 4.08. The lowest BCUT2D eigenvalue weighted by Crippen LogP contribution is -2.41. The third-order valence-corrected chi connectivity index (χ3v) is 5.18. The summed E-state index contributed by atoms with van der Waals surface area (Å²) in [4.78, 5) is 0. The maximum absolute atomic E-state index is 10.2. The van der Waals surface area contributed by atoms with Gasteiger partial charge in [-0.3, -0.25) is 0 Å². The van der Waals surface area contributed by atoms with E-state index in [0.717, 1.165) is 23.5 Å². The van der Waals surface area contributed by atoms with Crippen molar-refractivity contribution in [2.45, 2.75) is 36.7 Å². The number of aliphatic hydroxyl groups is 1. The van der Waals surface area contributed by atoms with E-state index in [0.29, 0.717) is 16.7 Å². The van der Waals surface area contributed by atoms with E-state index in [4.69, 9.17) is 16.3 Å². The summed E-state index contributed by atoms with van der Waals surface area (Å²) < 4.78 is 6.14. The third kappa shape index (κ3) is 2.05. The summed E-state index contributed by atoms with van der Waals surface area (Å²) in [5.41, 5.74) is 0.650. The Bertz CT molecular complexity index is 451. The van der Waals surface area contributed by atoms with Crippen molar-refractivity contribution in [3.63, 3.8) is 0 Å². The second-order valence-electron chi connectivity index (χ2n) is 5.01. The molecule has 2 aliphatic rings. The Balaban J connectivity index is 1.96. The van der Waals surface area contributed by atoms with Crippen LogP contribution in [0.25, 0.3) is 0 Å². The second-order valence-corrected chi connectivity index (χ2v) is 6.88. The molecule has 1 saturated heterocycles. The number of hydrogen-bond acceptors (Lipinski definition) is 3. The first-order valence-electron chi connectivity index (χ1n) is 5.86. The fraction of sp³-hybridized carbons (Fsp3) is 0.538. The van der Waals surface area contributed by atoms with Gasteiger partial charge in [0.2, 0.25) is 0 Å². The van der Waals surface area contributed by atoms with Crippen molar-refractivity contribution in [2.75, 3.05) is 5.75 Å². The molecule has 2 unspecified atom stereocenters. The van der Waals surface area contributed by atoms with Crippen molar-refractivity contribution in [1.82, 2.24) is 0 Å². The van der Waals surface area contributed by atoms with Crippen LogP contribution in [0.5, 0.6) is 5.75 Å². The van der Waals surface area contributed by atoms with Crippen LogP contribution in [-0.4, -0.2) is 21.7 Å². The zero-order valence-corrected chi connectivity index (χ0v) is 11.2. The lowest BCUT2D eigenvalue weighted by Gasteiger charge is -2.37. The van der Waals surface area contributed by atoms with E-state index in [2.05, 4.69) is 6.92 Å². The molecule has 3 rings (SSSR count). The van der Waals surface area contributed by atoms with Gasteiger partial charge < -0.3 is 9.84 Å². The van der Waals surface area contributed by atoms with Gasteiger partial charge in [0, 0.05) is 28.0 Å². The van der Waals surface area contributed by atoms with E-state index in [1.165, 1.54) is 0 Å². The van der Waals surface area contributed by atoms with E-state index in [1.807, 2.05) is 23.9 Å². The summed E-state index contributed by atoms with van der Waals surface area (Å²) in [6.45, 7) is 2.21. The Morgan fingerprint density at radius 3 is 3.00 bits per heavy atom. The first-order chi connectivity index (χ1) is 8.08. The molecule has 92 valence electrons. The molecule has 0 aliphatic carbocycles. The van der Waals surface area contributed by atoms with E-state index in [1.54, 1.807) is 6.07 Å². The van der Waals surface area contributed by atoms with Gasteiger partial charge in [-0.1, -0.05) is 18.5 Å². The first-order valence-corrected chi connectivity index (χ1v) is 7.29. The summed E-state index contributed by atoms with van der Waals surface area (Å²) in [5.74, 6) is 1.76. The zero-order valence-electron chi connectivity index (χ0n) is 9.65. The molecule has 0 aromatic heterocycles. The molecular weight excluding hydrogens is 256 g/mol. The lowest BCUT2D eigenvalue weighted by atomic mass is 9.87. The predicted octanol–water partition coefficient (Wildman–Crippen LogP) is 3.42. The Hall–Kier alpha value is -0.380. The van der Waals surface area contributed by atoms with Gasteiger partial charge in [-0.25, -0.2) is 0 Å². The van der Waals surface area contributed by atoms with Crippen LogP contribution in [-0.2, 0) is 0 Å². The molecule has 0 bridgehead atoms. The maximum atomic E-state index is 10.2. The van der Waals surface area contributed by atoms with Crippen LogP contribution in [0.2, 0.25) is 5.02 Å². The van der Waals surface area contributed by atoms with Crippen LogP contribution in [0.4, 0.5) is 0 Å². The van der Waals surface area contributed by atoms with Gasteiger partial charge in [0.25, 0.3) is 0 Å². The van der Waals surface area contributed by atoms with Crippen LogP contribution in [0, 0.1) is 0 Å². The molecule has 2 heterocycles. The van der Waals surface area contributed by atoms with E-state index >= 15 is 0 Å². The highest BCUT2D eigenvalue weighted by Gasteiger charge is 2.45. The molecule has 4 heteroatoms. The SMILES string of the molecule is CC1CC2(CS1)C[C@H](O)c1cc(Cl)ccc1O2. The summed E-state index contributed by atoms with van der Waals surface area (Å²) in [7, 11) is 0. The Labute approximate surface area is 110 Å². The quantitative estimate of drug-likeness (QED) is 0.783. The molecule has 1 N–H and O–H groups in total. The minimum absolute atomic E-state index is 0.176. The molecule has 0 radical (unpaired) electrons. The van der Waals surface area contributed by atoms with Gasteiger partial charge in [-0.2, -0.15) is 11.8 Å². The summed E-state index contributed by atoms with van der Waals surface area (Å²) in [6, 6.07) is 5.49. The molecule has 1 aromatic rings. The van der Waals surface area contributed by atoms with Crippen LogP contribution < -0.4 is 4.74 Å². The highest BCUT2D eigenvalue weighted by atomic mass is 35.5. The van der Waals surface area contributed by atoms with E-state index in [9.17, 15) is 5.11 Å². The molecule has 2 aliphatic heterocycles. The highest BCUT2D eigenvalue weighted by molar-refractivity contribution is 8.00. The predicted molar refractivity (Wildman–Crippen MR) is 70.9 cm³/mol. The largest absolute Gasteiger partial charge is 0.486 e. The number of halogens is 1. The van der Waals surface area contributed by atoms with Gasteiger partial charge in [0.15, 0.2) is 0 Å². The van der Waals surface area contributed by atoms with Crippen molar-refractivity contribution in [2.24, 2.45) is 0 Å². The highest BCUT2D eigenvalue weighted by Crippen LogP contribution is 2.48. The van der Waals surface area contributed by atoms with Crippen LogP contribution in [0.1, 0.15) is 31.4 Å². The monoisotopic (exact) mass is 270 g/mol. The summed E-state index contributed by atoms with van der Waals surface area (Å²) in [6.07, 6.45) is 1.23. The smallest absolute Gasteiger partial charge is 0.126 e. The minimum atomic E-state index is -0.455. The number of hydrogen-bond donors (Lipinski definition) is 1. The van der Waals surface area contributed by atoms with Crippen molar-refractivity contribution >= 4 is 23.4 Å². The molecular formula is C13H15ClO2S. The summed E-state index contributed by atoms with van der Waals surface area (Å²) in [5, 5.41) is 11.5. The number of fused-ring (bicyclic) bond motifs is 1. The molecule has 0 amide bonds.